The third kappa shape index (κ3) is 3.24. The van der Waals surface area contributed by atoms with E-state index in [-0.39, 0.29) is 11.8 Å². The van der Waals surface area contributed by atoms with E-state index in [2.05, 4.69) is 0 Å². The zero-order valence-electron chi connectivity index (χ0n) is 9.33. The minimum Gasteiger partial charge on any atom is -0.341 e. The van der Waals surface area contributed by atoms with Gasteiger partial charge in [0.15, 0.2) is 0 Å². The fourth-order valence-corrected chi connectivity index (χ4v) is 1.60. The zero-order chi connectivity index (χ0) is 11.4. The molecule has 1 aromatic carbocycles. The third-order valence-electron chi connectivity index (χ3n) is 2.24. The van der Waals surface area contributed by atoms with Crippen LogP contribution in [-0.4, -0.2) is 17.9 Å². The van der Waals surface area contributed by atoms with Crippen LogP contribution in [0.5, 0.6) is 0 Å². The summed E-state index contributed by atoms with van der Waals surface area (Å²) in [5, 5.41) is 0.709. The summed E-state index contributed by atoms with van der Waals surface area (Å²) in [5.74, 6) is 0.160. The predicted octanol–water partition coefficient (Wildman–Crippen LogP) is 2.95. The molecule has 2 nitrogen and oxygen atoms in total. The van der Waals surface area contributed by atoms with Crippen molar-refractivity contribution in [2.24, 2.45) is 5.92 Å². The van der Waals surface area contributed by atoms with E-state index in [9.17, 15) is 4.79 Å². The normalized spacial score (nSPS) is 10.5. The fraction of sp³-hybridized carbons (Fsp3) is 0.417. The van der Waals surface area contributed by atoms with E-state index in [4.69, 9.17) is 11.6 Å². The Bertz CT molecular complexity index is 349. The monoisotopic (exact) mass is 225 g/mol. The highest BCUT2D eigenvalue weighted by molar-refractivity contribution is 6.31. The topological polar surface area (TPSA) is 20.3 Å². The van der Waals surface area contributed by atoms with Crippen LogP contribution in [0.2, 0.25) is 5.02 Å². The van der Waals surface area contributed by atoms with Gasteiger partial charge >= 0.3 is 0 Å². The molecule has 0 atom stereocenters. The van der Waals surface area contributed by atoms with Crippen LogP contribution in [-0.2, 0) is 11.3 Å². The van der Waals surface area contributed by atoms with Gasteiger partial charge in [-0.15, -0.1) is 0 Å². The van der Waals surface area contributed by atoms with E-state index in [0.29, 0.717) is 11.6 Å². The third-order valence-corrected chi connectivity index (χ3v) is 2.60. The summed E-state index contributed by atoms with van der Waals surface area (Å²) in [5.41, 5.74) is 0.982. The first-order valence-corrected chi connectivity index (χ1v) is 5.38. The first-order chi connectivity index (χ1) is 7.02. The highest BCUT2D eigenvalue weighted by atomic mass is 35.5. The lowest BCUT2D eigenvalue weighted by molar-refractivity contribution is -0.133. The summed E-state index contributed by atoms with van der Waals surface area (Å²) in [4.78, 5) is 13.3. The molecule has 82 valence electrons. The van der Waals surface area contributed by atoms with Gasteiger partial charge in [-0.1, -0.05) is 43.6 Å². The number of halogens is 1. The maximum atomic E-state index is 11.6. The number of benzene rings is 1. The standard InChI is InChI=1S/C12H16ClNO/c1-9(2)12(15)14(3)8-10-6-4-5-7-11(10)13/h4-7,9H,8H2,1-3H3. The molecule has 0 radical (unpaired) electrons. The minimum atomic E-state index is 0.0255. The van der Waals surface area contributed by atoms with Crippen LogP contribution in [0.25, 0.3) is 0 Å². The first-order valence-electron chi connectivity index (χ1n) is 5.00. The Morgan fingerprint density at radius 3 is 2.53 bits per heavy atom. The van der Waals surface area contributed by atoms with Crippen molar-refractivity contribution in [1.82, 2.24) is 4.90 Å². The van der Waals surface area contributed by atoms with Crippen molar-refractivity contribution in [2.75, 3.05) is 7.05 Å². The van der Waals surface area contributed by atoms with Gasteiger partial charge in [-0.25, -0.2) is 0 Å². The summed E-state index contributed by atoms with van der Waals surface area (Å²) in [6, 6.07) is 7.59. The van der Waals surface area contributed by atoms with Gasteiger partial charge in [0.05, 0.1) is 0 Å². The Balaban J connectivity index is 2.71. The number of carbonyl (C=O) groups excluding carboxylic acids is 1. The van der Waals surface area contributed by atoms with Gasteiger partial charge in [0, 0.05) is 24.5 Å². The molecule has 0 saturated carbocycles. The smallest absolute Gasteiger partial charge is 0.225 e. The lowest BCUT2D eigenvalue weighted by atomic mass is 10.1. The molecule has 0 aromatic heterocycles. The number of carbonyl (C=O) groups is 1. The van der Waals surface area contributed by atoms with E-state index in [1.54, 1.807) is 11.9 Å². The molecule has 1 amide bonds. The second-order valence-electron chi connectivity index (χ2n) is 3.94. The van der Waals surface area contributed by atoms with Crippen LogP contribution in [0.4, 0.5) is 0 Å². The number of amides is 1. The van der Waals surface area contributed by atoms with Gasteiger partial charge in [-0.3, -0.25) is 4.79 Å². The maximum Gasteiger partial charge on any atom is 0.225 e. The highest BCUT2D eigenvalue weighted by Crippen LogP contribution is 2.17. The quantitative estimate of drug-likeness (QED) is 0.775. The number of nitrogens with zero attached hydrogens (tertiary/aromatic N) is 1. The summed E-state index contributed by atoms with van der Waals surface area (Å²) in [6.45, 7) is 4.35. The van der Waals surface area contributed by atoms with Crippen LogP contribution in [0.3, 0.4) is 0 Å². The fourth-order valence-electron chi connectivity index (χ4n) is 1.40. The van der Waals surface area contributed by atoms with Gasteiger partial charge in [-0.2, -0.15) is 0 Å². The SMILES string of the molecule is CC(C)C(=O)N(C)Cc1ccccc1Cl. The zero-order valence-corrected chi connectivity index (χ0v) is 10.1. The molecule has 0 N–H and O–H groups in total. The predicted molar refractivity (Wildman–Crippen MR) is 62.8 cm³/mol. The molecular weight excluding hydrogens is 210 g/mol. The van der Waals surface area contributed by atoms with Crippen molar-refractivity contribution < 1.29 is 4.79 Å². The molecule has 1 aromatic rings. The van der Waals surface area contributed by atoms with Crippen molar-refractivity contribution in [3.8, 4) is 0 Å². The van der Waals surface area contributed by atoms with Gasteiger partial charge in [0.2, 0.25) is 5.91 Å². The number of hydrogen-bond donors (Lipinski definition) is 0. The average Bonchev–Trinajstić information content (AvgIpc) is 2.20. The van der Waals surface area contributed by atoms with Crippen LogP contribution < -0.4 is 0 Å². The van der Waals surface area contributed by atoms with Gasteiger partial charge in [0.1, 0.15) is 0 Å². The lowest BCUT2D eigenvalue weighted by Crippen LogP contribution is -2.30. The van der Waals surface area contributed by atoms with E-state index < -0.39 is 0 Å². The van der Waals surface area contributed by atoms with Crippen LogP contribution in [0.1, 0.15) is 19.4 Å². The molecule has 1 rings (SSSR count). The second kappa shape index (κ2) is 5.17. The molecule has 0 heterocycles. The molecule has 0 aliphatic rings. The first kappa shape index (κ1) is 12.1. The molecule has 0 spiro atoms. The highest BCUT2D eigenvalue weighted by Gasteiger charge is 2.13. The van der Waals surface area contributed by atoms with Gasteiger partial charge < -0.3 is 4.90 Å². The molecule has 0 aliphatic heterocycles. The number of hydrogen-bond acceptors (Lipinski definition) is 1. The van der Waals surface area contributed by atoms with Gasteiger partial charge in [0.25, 0.3) is 0 Å². The molecule has 3 heteroatoms. The second-order valence-corrected chi connectivity index (χ2v) is 4.35. The Morgan fingerprint density at radius 2 is 2.00 bits per heavy atom. The van der Waals surface area contributed by atoms with Crippen molar-refractivity contribution in [2.45, 2.75) is 20.4 Å². The van der Waals surface area contributed by atoms with Crippen molar-refractivity contribution >= 4 is 17.5 Å². The van der Waals surface area contributed by atoms with Crippen LogP contribution in [0, 0.1) is 5.92 Å². The van der Waals surface area contributed by atoms with Gasteiger partial charge in [-0.05, 0) is 11.6 Å². The molecule has 0 fully saturated rings. The Labute approximate surface area is 95.8 Å². The lowest BCUT2D eigenvalue weighted by Gasteiger charge is -2.19. The molecule has 0 unspecified atom stereocenters. The summed E-state index contributed by atoms with van der Waals surface area (Å²) < 4.78 is 0. The van der Waals surface area contributed by atoms with Crippen molar-refractivity contribution in [3.63, 3.8) is 0 Å². The van der Waals surface area contributed by atoms with E-state index in [1.807, 2.05) is 38.1 Å². The summed E-state index contributed by atoms with van der Waals surface area (Å²) in [7, 11) is 1.80. The largest absolute Gasteiger partial charge is 0.341 e. The van der Waals surface area contributed by atoms with E-state index in [1.165, 1.54) is 0 Å². The Kier molecular flexibility index (Phi) is 4.15. The number of rotatable bonds is 3. The van der Waals surface area contributed by atoms with Crippen LogP contribution >= 0.6 is 11.6 Å². The van der Waals surface area contributed by atoms with Crippen molar-refractivity contribution in [1.29, 1.82) is 0 Å². The minimum absolute atomic E-state index is 0.0255. The molecule has 15 heavy (non-hydrogen) atoms. The van der Waals surface area contributed by atoms with E-state index in [0.717, 1.165) is 5.56 Å². The van der Waals surface area contributed by atoms with Crippen LogP contribution in [0.15, 0.2) is 24.3 Å². The molecule has 0 bridgehead atoms. The molecular formula is C12H16ClNO. The average molecular weight is 226 g/mol. The Morgan fingerprint density at radius 1 is 1.40 bits per heavy atom. The van der Waals surface area contributed by atoms with E-state index >= 15 is 0 Å². The maximum absolute atomic E-state index is 11.6. The summed E-state index contributed by atoms with van der Waals surface area (Å²) in [6.07, 6.45) is 0. The van der Waals surface area contributed by atoms with Crippen molar-refractivity contribution in [3.05, 3.63) is 34.9 Å². The molecule has 0 aliphatic carbocycles. The Hall–Kier alpha value is -1.02. The summed E-state index contributed by atoms with van der Waals surface area (Å²) >= 11 is 6.01. The molecule has 0 saturated heterocycles.